The molecule has 2 N–H and O–H groups in total. The summed E-state index contributed by atoms with van der Waals surface area (Å²) in [5.74, 6) is 0. The number of aliphatic hydroxyl groups is 1. The van der Waals surface area contributed by atoms with Crippen molar-refractivity contribution in [1.82, 2.24) is 0 Å². The van der Waals surface area contributed by atoms with Crippen molar-refractivity contribution in [2.24, 2.45) is 4.36 Å². The maximum Gasteiger partial charge on any atom is 0.322 e. The van der Waals surface area contributed by atoms with Gasteiger partial charge in [0.05, 0.1) is 17.0 Å². The van der Waals surface area contributed by atoms with Gasteiger partial charge in [-0.3, -0.25) is 0 Å². The second kappa shape index (κ2) is 6.80. The van der Waals surface area contributed by atoms with Crippen molar-refractivity contribution >= 4 is 22.3 Å². The molecular formula is C20H23N2O4S-. The van der Waals surface area contributed by atoms with E-state index in [2.05, 4.69) is 15.7 Å². The number of hydrogen-bond acceptors (Lipinski definition) is 5. The SMILES string of the molecule is CC(C)(O)c1coc([S-](=O)=NC(=O)Nc2c3c(cc4c2CCC4)CCC3)c1. The van der Waals surface area contributed by atoms with Gasteiger partial charge in [0, 0.05) is 11.3 Å². The molecule has 0 unspecified atom stereocenters. The van der Waals surface area contributed by atoms with Gasteiger partial charge in [0.2, 0.25) is 0 Å². The number of hydrogen-bond donors (Lipinski definition) is 2. The summed E-state index contributed by atoms with van der Waals surface area (Å²) in [5, 5.41) is 12.9. The standard InChI is InChI=1S/C20H23N2O4S/c1-20(2,24)14-10-17(26-11-14)27(25)22-19(23)21-18-15-7-3-5-12(15)9-13-6-4-8-16(13)18/h9-11,24H,3-8H2,1-2H3,(H,21,23)/q-1. The van der Waals surface area contributed by atoms with E-state index in [-0.39, 0.29) is 5.09 Å². The smallest absolute Gasteiger partial charge is 0.322 e. The number of fused-ring (bicyclic) bond motifs is 2. The van der Waals surface area contributed by atoms with Crippen LogP contribution in [0.5, 0.6) is 0 Å². The molecule has 0 aliphatic heterocycles. The molecule has 4 rings (SSSR count). The normalized spacial score (nSPS) is 17.0. The summed E-state index contributed by atoms with van der Waals surface area (Å²) in [5.41, 5.74) is 5.28. The summed E-state index contributed by atoms with van der Waals surface area (Å²) in [7, 11) is -1.96. The lowest BCUT2D eigenvalue weighted by Crippen LogP contribution is -2.13. The van der Waals surface area contributed by atoms with Gasteiger partial charge < -0.3 is 23.4 Å². The molecule has 1 aromatic heterocycles. The molecule has 0 radical (unpaired) electrons. The Morgan fingerprint density at radius 3 is 2.33 bits per heavy atom. The fourth-order valence-electron chi connectivity index (χ4n) is 3.95. The Hall–Kier alpha value is -2.12. The number of nitrogens with one attached hydrogen (secondary N) is 1. The van der Waals surface area contributed by atoms with Crippen LogP contribution in [0.25, 0.3) is 0 Å². The molecule has 2 amide bonds. The summed E-state index contributed by atoms with van der Waals surface area (Å²) >= 11 is 0. The Bertz CT molecular complexity index is 962. The van der Waals surface area contributed by atoms with Crippen molar-refractivity contribution in [1.29, 1.82) is 0 Å². The summed E-state index contributed by atoms with van der Waals surface area (Å²) in [6, 6.07) is 3.12. The number of nitrogens with zero attached hydrogens (tertiary/aromatic N) is 1. The minimum Gasteiger partial charge on any atom is -0.488 e. The largest absolute Gasteiger partial charge is 0.488 e. The molecule has 2 aliphatic rings. The Kier molecular flexibility index (Phi) is 4.60. The predicted octanol–water partition coefficient (Wildman–Crippen LogP) is 4.22. The number of urea groups is 1. The molecule has 0 spiro atoms. The maximum atomic E-state index is 12.4. The highest BCUT2D eigenvalue weighted by Gasteiger charge is 2.24. The first-order chi connectivity index (χ1) is 12.8. The molecule has 0 saturated carbocycles. The molecule has 6 nitrogen and oxygen atoms in total. The van der Waals surface area contributed by atoms with E-state index in [1.807, 2.05) is 0 Å². The van der Waals surface area contributed by atoms with Gasteiger partial charge in [0.25, 0.3) is 0 Å². The van der Waals surface area contributed by atoms with Crippen molar-refractivity contribution in [3.05, 3.63) is 46.2 Å². The van der Waals surface area contributed by atoms with Crippen LogP contribution >= 0.6 is 0 Å². The number of aryl methyl sites for hydroxylation is 2. The highest BCUT2D eigenvalue weighted by molar-refractivity contribution is 7.75. The molecule has 0 atom stereocenters. The zero-order valence-electron chi connectivity index (χ0n) is 15.5. The van der Waals surface area contributed by atoms with Crippen LogP contribution in [-0.2, 0) is 46.1 Å². The lowest BCUT2D eigenvalue weighted by molar-refractivity contribution is 0.0779. The molecule has 0 fully saturated rings. The molecule has 144 valence electrons. The number of benzene rings is 1. The number of anilines is 1. The summed E-state index contributed by atoms with van der Waals surface area (Å²) in [4.78, 5) is 12.4. The zero-order valence-corrected chi connectivity index (χ0v) is 16.3. The van der Waals surface area contributed by atoms with Crippen LogP contribution in [0.4, 0.5) is 10.5 Å². The summed E-state index contributed by atoms with van der Waals surface area (Å²) < 4.78 is 21.3. The van der Waals surface area contributed by atoms with E-state index >= 15 is 0 Å². The van der Waals surface area contributed by atoms with Crippen molar-refractivity contribution in [2.75, 3.05) is 5.32 Å². The third-order valence-corrected chi connectivity index (χ3v) is 6.21. The third kappa shape index (κ3) is 3.53. The Balaban J connectivity index is 1.59. The first-order valence-corrected chi connectivity index (χ1v) is 10.4. The fourth-order valence-corrected chi connectivity index (χ4v) is 4.59. The lowest BCUT2D eigenvalue weighted by Gasteiger charge is -2.15. The highest BCUT2D eigenvalue weighted by atomic mass is 32.2. The van der Waals surface area contributed by atoms with Crippen LogP contribution in [0.2, 0.25) is 0 Å². The molecule has 27 heavy (non-hydrogen) atoms. The van der Waals surface area contributed by atoms with E-state index in [1.54, 1.807) is 13.8 Å². The average Bonchev–Trinajstić information content (AvgIpc) is 3.33. The van der Waals surface area contributed by atoms with Crippen molar-refractivity contribution < 1.29 is 18.5 Å². The number of carbonyl (C=O) groups is 1. The van der Waals surface area contributed by atoms with E-state index in [0.717, 1.165) is 44.2 Å². The van der Waals surface area contributed by atoms with Crippen LogP contribution < -0.4 is 5.32 Å². The monoisotopic (exact) mass is 387 g/mol. The summed E-state index contributed by atoms with van der Waals surface area (Å²) in [6.07, 6.45) is 7.51. The van der Waals surface area contributed by atoms with E-state index in [9.17, 15) is 14.1 Å². The Labute approximate surface area is 160 Å². The predicted molar refractivity (Wildman–Crippen MR) is 102 cm³/mol. The number of rotatable bonds is 3. The van der Waals surface area contributed by atoms with Gasteiger partial charge in [-0.15, -0.1) is 10.6 Å². The topological polar surface area (TPSA) is 91.9 Å². The van der Waals surface area contributed by atoms with Crippen molar-refractivity contribution in [2.45, 2.75) is 63.1 Å². The van der Waals surface area contributed by atoms with Crippen LogP contribution in [0.3, 0.4) is 0 Å². The maximum absolute atomic E-state index is 12.4. The number of carbonyl (C=O) groups excluding carboxylic acids is 1. The third-order valence-electron chi connectivity index (χ3n) is 5.32. The van der Waals surface area contributed by atoms with Crippen molar-refractivity contribution in [3.8, 4) is 0 Å². The van der Waals surface area contributed by atoms with E-state index in [0.29, 0.717) is 5.56 Å². The first-order valence-electron chi connectivity index (χ1n) is 9.25. The number of amides is 2. The highest BCUT2D eigenvalue weighted by Crippen LogP contribution is 2.38. The van der Waals surface area contributed by atoms with E-state index in [1.165, 1.54) is 34.6 Å². The first kappa shape index (κ1) is 18.3. The van der Waals surface area contributed by atoms with Gasteiger partial charge in [-0.1, -0.05) is 6.07 Å². The molecular weight excluding hydrogens is 364 g/mol. The second-order valence-corrected chi connectivity index (χ2v) is 8.80. The molecule has 2 aromatic rings. The molecule has 1 heterocycles. The van der Waals surface area contributed by atoms with Gasteiger partial charge in [0.1, 0.15) is 0 Å². The van der Waals surface area contributed by atoms with Crippen LogP contribution in [-0.4, -0.2) is 11.1 Å². The molecule has 7 heteroatoms. The van der Waals surface area contributed by atoms with Crippen molar-refractivity contribution in [3.63, 3.8) is 0 Å². The van der Waals surface area contributed by atoms with Gasteiger partial charge in [-0.2, -0.15) is 0 Å². The Morgan fingerprint density at radius 1 is 1.15 bits per heavy atom. The van der Waals surface area contributed by atoms with E-state index in [4.69, 9.17) is 4.42 Å². The Morgan fingerprint density at radius 2 is 1.78 bits per heavy atom. The van der Waals surface area contributed by atoms with Gasteiger partial charge in [-0.05, 0) is 80.7 Å². The lowest BCUT2D eigenvalue weighted by atomic mass is 9.99. The average molecular weight is 387 g/mol. The van der Waals surface area contributed by atoms with Crippen LogP contribution in [0, 0.1) is 0 Å². The van der Waals surface area contributed by atoms with Crippen LogP contribution in [0.1, 0.15) is 54.5 Å². The minimum absolute atomic E-state index is 0.0470. The van der Waals surface area contributed by atoms with Crippen LogP contribution in [0.15, 0.2) is 32.3 Å². The van der Waals surface area contributed by atoms with Gasteiger partial charge >= 0.3 is 6.03 Å². The quantitative estimate of drug-likeness (QED) is 0.771. The second-order valence-electron chi connectivity index (χ2n) is 7.72. The van der Waals surface area contributed by atoms with Gasteiger partial charge in [0.15, 0.2) is 0 Å². The molecule has 0 saturated heterocycles. The fraction of sp³-hybridized carbons (Fsp3) is 0.450. The zero-order chi connectivity index (χ0) is 19.2. The molecule has 2 aliphatic carbocycles. The number of furan rings is 1. The van der Waals surface area contributed by atoms with Gasteiger partial charge in [-0.25, -0.2) is 4.79 Å². The minimum atomic E-state index is -1.96. The van der Waals surface area contributed by atoms with E-state index < -0.39 is 22.2 Å². The molecule has 0 bridgehead atoms. The summed E-state index contributed by atoms with van der Waals surface area (Å²) in [6.45, 7) is 3.20. The molecule has 1 aromatic carbocycles.